The Morgan fingerprint density at radius 3 is 2.71 bits per heavy atom. The third-order valence-electron chi connectivity index (χ3n) is 3.85. The van der Waals surface area contributed by atoms with E-state index in [2.05, 4.69) is 31.0 Å². The minimum Gasteiger partial charge on any atom is -0.313 e. The van der Waals surface area contributed by atoms with Crippen molar-refractivity contribution in [3.8, 4) is 0 Å². The van der Waals surface area contributed by atoms with Crippen molar-refractivity contribution in [1.82, 2.24) is 10.2 Å². The molecule has 0 amide bonds. The molecule has 2 aliphatic rings. The third-order valence-corrected chi connectivity index (χ3v) is 3.85. The Bertz CT molecular complexity index is 198. The largest absolute Gasteiger partial charge is 0.313 e. The zero-order chi connectivity index (χ0) is 10.2. The van der Waals surface area contributed by atoms with Gasteiger partial charge in [0.25, 0.3) is 0 Å². The van der Waals surface area contributed by atoms with Crippen LogP contribution in [0.4, 0.5) is 0 Å². The number of piperidine rings is 1. The lowest BCUT2D eigenvalue weighted by molar-refractivity contribution is 0.166. The average Bonchev–Trinajstić information content (AvgIpc) is 2.76. The van der Waals surface area contributed by atoms with Crippen LogP contribution in [0.2, 0.25) is 0 Å². The number of hydrogen-bond donors (Lipinski definition) is 1. The molecule has 82 valence electrons. The van der Waals surface area contributed by atoms with Crippen molar-refractivity contribution in [3.63, 3.8) is 0 Å². The number of likely N-dealkylation sites (tertiary alicyclic amines) is 1. The highest BCUT2D eigenvalue weighted by Crippen LogP contribution is 2.49. The van der Waals surface area contributed by atoms with Crippen LogP contribution in [-0.4, -0.2) is 36.6 Å². The summed E-state index contributed by atoms with van der Waals surface area (Å²) < 4.78 is 0. The molecule has 1 heterocycles. The molecular formula is C12H24N2. The van der Waals surface area contributed by atoms with Crippen molar-refractivity contribution >= 4 is 0 Å². The number of hydrogen-bond acceptors (Lipinski definition) is 2. The monoisotopic (exact) mass is 196 g/mol. The van der Waals surface area contributed by atoms with Crippen LogP contribution in [0.25, 0.3) is 0 Å². The molecule has 2 fully saturated rings. The summed E-state index contributed by atoms with van der Waals surface area (Å²) in [4.78, 5) is 2.71. The van der Waals surface area contributed by atoms with E-state index in [4.69, 9.17) is 0 Å². The molecule has 2 rings (SSSR count). The van der Waals surface area contributed by atoms with Crippen molar-refractivity contribution in [2.75, 3.05) is 19.6 Å². The van der Waals surface area contributed by atoms with E-state index in [9.17, 15) is 0 Å². The summed E-state index contributed by atoms with van der Waals surface area (Å²) in [5, 5.41) is 3.58. The van der Waals surface area contributed by atoms with Crippen LogP contribution >= 0.6 is 0 Å². The molecule has 0 radical (unpaired) electrons. The second-order valence-corrected chi connectivity index (χ2v) is 5.60. The van der Waals surface area contributed by atoms with Gasteiger partial charge < -0.3 is 5.32 Å². The topological polar surface area (TPSA) is 15.3 Å². The molecule has 0 aromatic rings. The Morgan fingerprint density at radius 1 is 1.43 bits per heavy atom. The second kappa shape index (κ2) is 3.82. The van der Waals surface area contributed by atoms with Crippen molar-refractivity contribution in [1.29, 1.82) is 0 Å². The van der Waals surface area contributed by atoms with Crippen molar-refractivity contribution in [2.24, 2.45) is 5.41 Å². The molecule has 1 saturated carbocycles. The number of nitrogens with zero attached hydrogens (tertiary/aromatic N) is 1. The normalized spacial score (nSPS) is 37.1. The molecule has 2 atom stereocenters. The summed E-state index contributed by atoms with van der Waals surface area (Å²) in [5.74, 6) is 0. The van der Waals surface area contributed by atoms with E-state index in [1.807, 2.05) is 0 Å². The molecule has 2 nitrogen and oxygen atoms in total. The zero-order valence-electron chi connectivity index (χ0n) is 9.84. The van der Waals surface area contributed by atoms with Gasteiger partial charge in [0.15, 0.2) is 0 Å². The quantitative estimate of drug-likeness (QED) is 0.741. The fraction of sp³-hybridized carbons (Fsp3) is 1.00. The van der Waals surface area contributed by atoms with Crippen LogP contribution in [0, 0.1) is 5.41 Å². The Balaban J connectivity index is 1.83. The van der Waals surface area contributed by atoms with E-state index in [0.29, 0.717) is 5.41 Å². The van der Waals surface area contributed by atoms with E-state index < -0.39 is 0 Å². The number of rotatable bonds is 3. The molecule has 2 unspecified atom stereocenters. The maximum atomic E-state index is 3.58. The molecule has 14 heavy (non-hydrogen) atoms. The fourth-order valence-corrected chi connectivity index (χ4v) is 2.81. The van der Waals surface area contributed by atoms with Crippen molar-refractivity contribution in [3.05, 3.63) is 0 Å². The first-order valence-electron chi connectivity index (χ1n) is 6.11. The molecular weight excluding hydrogens is 172 g/mol. The maximum Gasteiger partial charge on any atom is 0.0195 e. The van der Waals surface area contributed by atoms with Crippen LogP contribution in [0.15, 0.2) is 0 Å². The Labute approximate surface area is 88.1 Å². The Kier molecular flexibility index (Phi) is 2.85. The van der Waals surface area contributed by atoms with E-state index in [-0.39, 0.29) is 0 Å². The SMILES string of the molecule is CCNC1CCCN(C2CC2(C)C)C1. The minimum absolute atomic E-state index is 0.605. The minimum atomic E-state index is 0.605. The molecule has 1 aliphatic carbocycles. The van der Waals surface area contributed by atoms with Gasteiger partial charge in [-0.1, -0.05) is 20.8 Å². The predicted octanol–water partition coefficient (Wildman–Crippen LogP) is 1.86. The average molecular weight is 196 g/mol. The maximum absolute atomic E-state index is 3.58. The summed E-state index contributed by atoms with van der Waals surface area (Å²) >= 11 is 0. The molecule has 1 aliphatic heterocycles. The third kappa shape index (κ3) is 2.12. The first-order chi connectivity index (χ1) is 6.63. The molecule has 0 bridgehead atoms. The lowest BCUT2D eigenvalue weighted by atomic mass is 10.0. The molecule has 0 aromatic heterocycles. The molecule has 2 heteroatoms. The summed E-state index contributed by atoms with van der Waals surface area (Å²) in [5.41, 5.74) is 0.605. The fourth-order valence-electron chi connectivity index (χ4n) is 2.81. The second-order valence-electron chi connectivity index (χ2n) is 5.60. The van der Waals surface area contributed by atoms with Gasteiger partial charge in [-0.2, -0.15) is 0 Å². The lowest BCUT2D eigenvalue weighted by Crippen LogP contribution is -2.47. The van der Waals surface area contributed by atoms with Gasteiger partial charge in [-0.3, -0.25) is 4.90 Å². The van der Waals surface area contributed by atoms with Crippen LogP contribution in [-0.2, 0) is 0 Å². The van der Waals surface area contributed by atoms with E-state index in [1.165, 1.54) is 32.4 Å². The standard InChI is InChI=1S/C12H24N2/c1-4-13-10-6-5-7-14(9-10)11-8-12(11,2)3/h10-11,13H,4-9H2,1-3H3. The van der Waals surface area contributed by atoms with Crippen LogP contribution in [0.3, 0.4) is 0 Å². The van der Waals surface area contributed by atoms with Gasteiger partial charge in [-0.05, 0) is 37.8 Å². The molecule has 0 spiro atoms. The highest BCUT2D eigenvalue weighted by atomic mass is 15.2. The van der Waals surface area contributed by atoms with Gasteiger partial charge in [0, 0.05) is 18.6 Å². The van der Waals surface area contributed by atoms with Gasteiger partial charge >= 0.3 is 0 Å². The van der Waals surface area contributed by atoms with E-state index in [0.717, 1.165) is 18.6 Å². The van der Waals surface area contributed by atoms with Crippen molar-refractivity contribution in [2.45, 2.75) is 52.1 Å². The highest BCUT2D eigenvalue weighted by molar-refractivity contribution is 5.04. The predicted molar refractivity (Wildman–Crippen MR) is 60.5 cm³/mol. The Morgan fingerprint density at radius 2 is 2.14 bits per heavy atom. The van der Waals surface area contributed by atoms with Gasteiger partial charge in [-0.15, -0.1) is 0 Å². The smallest absolute Gasteiger partial charge is 0.0195 e. The summed E-state index contributed by atoms with van der Waals surface area (Å²) in [7, 11) is 0. The first-order valence-corrected chi connectivity index (χ1v) is 6.11. The molecule has 0 aromatic carbocycles. The lowest BCUT2D eigenvalue weighted by Gasteiger charge is -2.34. The van der Waals surface area contributed by atoms with E-state index >= 15 is 0 Å². The summed E-state index contributed by atoms with van der Waals surface area (Å²) in [6, 6.07) is 1.63. The van der Waals surface area contributed by atoms with Crippen LogP contribution < -0.4 is 5.32 Å². The van der Waals surface area contributed by atoms with Crippen LogP contribution in [0.1, 0.15) is 40.0 Å². The molecule has 1 saturated heterocycles. The molecule has 1 N–H and O–H groups in total. The summed E-state index contributed by atoms with van der Waals surface area (Å²) in [6.07, 6.45) is 4.16. The first kappa shape index (κ1) is 10.4. The van der Waals surface area contributed by atoms with Gasteiger partial charge in [0.05, 0.1) is 0 Å². The zero-order valence-corrected chi connectivity index (χ0v) is 9.84. The summed E-state index contributed by atoms with van der Waals surface area (Å²) in [6.45, 7) is 10.7. The van der Waals surface area contributed by atoms with Gasteiger partial charge in [-0.25, -0.2) is 0 Å². The number of likely N-dealkylation sites (N-methyl/N-ethyl adjacent to an activating group) is 1. The van der Waals surface area contributed by atoms with Gasteiger partial charge in [0.2, 0.25) is 0 Å². The van der Waals surface area contributed by atoms with Gasteiger partial charge in [0.1, 0.15) is 0 Å². The van der Waals surface area contributed by atoms with E-state index in [1.54, 1.807) is 0 Å². The van der Waals surface area contributed by atoms with Crippen molar-refractivity contribution < 1.29 is 0 Å². The number of nitrogens with one attached hydrogen (secondary N) is 1. The highest BCUT2D eigenvalue weighted by Gasteiger charge is 2.49. The van der Waals surface area contributed by atoms with Crippen LogP contribution in [0.5, 0.6) is 0 Å². The Hall–Kier alpha value is -0.0800.